The average molecular weight is 365 g/mol. The first-order valence-corrected chi connectivity index (χ1v) is 9.43. The van der Waals surface area contributed by atoms with Crippen LogP contribution in [0.15, 0.2) is 24.3 Å². The first-order valence-electron chi connectivity index (χ1n) is 9.43. The van der Waals surface area contributed by atoms with Crippen molar-refractivity contribution in [1.29, 1.82) is 0 Å². The number of aliphatic hydroxyl groups is 1. The highest BCUT2D eigenvalue weighted by molar-refractivity contribution is 5.82. The standard InChI is InChI=1S/C20H31NO5/c1-14-7-5-4-6-8-15-11-16(26-20(24)13-21(2)3)12-17(15)18(22)9-10-19(23)25-14/h6,8-10,14-18,22H,4-5,7,11-13H2,1-3H3/b8-6+,10-9-/t14-,15+,16-,17-,18-/m0/s1. The SMILES string of the molecule is C[C@H]1CCC/C=C/[C@@H]2C[C@H](OC(=O)CN(C)C)C[C@@H]2[C@@H](O)/C=C\C(=O)O1. The third-order valence-corrected chi connectivity index (χ3v) is 4.91. The highest BCUT2D eigenvalue weighted by atomic mass is 16.5. The molecule has 1 heterocycles. The Morgan fingerprint density at radius 1 is 1.35 bits per heavy atom. The van der Waals surface area contributed by atoms with Gasteiger partial charge in [-0.25, -0.2) is 4.79 Å². The molecular formula is C20H31NO5. The van der Waals surface area contributed by atoms with Gasteiger partial charge in [0.05, 0.1) is 18.8 Å². The van der Waals surface area contributed by atoms with Gasteiger partial charge in [-0.15, -0.1) is 0 Å². The second kappa shape index (κ2) is 9.88. The van der Waals surface area contributed by atoms with Crippen molar-refractivity contribution < 1.29 is 24.2 Å². The average Bonchev–Trinajstić information content (AvgIpc) is 2.93. The third kappa shape index (κ3) is 6.57. The fourth-order valence-electron chi connectivity index (χ4n) is 3.66. The Balaban J connectivity index is 2.05. The fourth-order valence-corrected chi connectivity index (χ4v) is 3.66. The summed E-state index contributed by atoms with van der Waals surface area (Å²) in [5, 5.41) is 10.5. The lowest BCUT2D eigenvalue weighted by atomic mass is 9.90. The minimum Gasteiger partial charge on any atom is -0.461 e. The van der Waals surface area contributed by atoms with Crippen LogP contribution in [0.5, 0.6) is 0 Å². The van der Waals surface area contributed by atoms with Crippen molar-refractivity contribution in [2.45, 2.75) is 57.3 Å². The first-order chi connectivity index (χ1) is 12.3. The summed E-state index contributed by atoms with van der Waals surface area (Å²) in [6.45, 7) is 2.13. The molecule has 146 valence electrons. The Bertz CT molecular complexity index is 542. The van der Waals surface area contributed by atoms with Gasteiger partial charge in [0.25, 0.3) is 0 Å². The van der Waals surface area contributed by atoms with Crippen LogP contribution in [0.3, 0.4) is 0 Å². The molecule has 2 rings (SSSR count). The van der Waals surface area contributed by atoms with Crippen molar-refractivity contribution in [3.05, 3.63) is 24.3 Å². The molecule has 1 aliphatic carbocycles. The van der Waals surface area contributed by atoms with Crippen LogP contribution in [0.2, 0.25) is 0 Å². The van der Waals surface area contributed by atoms with Gasteiger partial charge >= 0.3 is 11.9 Å². The van der Waals surface area contributed by atoms with Gasteiger partial charge in [0, 0.05) is 6.08 Å². The summed E-state index contributed by atoms with van der Waals surface area (Å²) in [4.78, 5) is 25.5. The number of allylic oxidation sites excluding steroid dienone is 2. The molecular weight excluding hydrogens is 334 g/mol. The molecule has 1 saturated carbocycles. The molecule has 0 radical (unpaired) electrons. The number of carbonyl (C=O) groups excluding carboxylic acids is 2. The topological polar surface area (TPSA) is 76.1 Å². The molecule has 0 unspecified atom stereocenters. The van der Waals surface area contributed by atoms with Gasteiger partial charge in [-0.05, 0) is 71.0 Å². The third-order valence-electron chi connectivity index (χ3n) is 4.91. The molecule has 1 fully saturated rings. The predicted octanol–water partition coefficient (Wildman–Crippen LogP) is 2.07. The number of cyclic esters (lactones) is 1. The molecule has 2 aliphatic rings. The summed E-state index contributed by atoms with van der Waals surface area (Å²) >= 11 is 0. The van der Waals surface area contributed by atoms with Crippen LogP contribution in [0.4, 0.5) is 0 Å². The Morgan fingerprint density at radius 3 is 2.85 bits per heavy atom. The number of likely N-dealkylation sites (N-methyl/N-ethyl adjacent to an activating group) is 1. The summed E-state index contributed by atoms with van der Waals surface area (Å²) in [7, 11) is 3.64. The lowest BCUT2D eigenvalue weighted by molar-refractivity contribution is -0.149. The van der Waals surface area contributed by atoms with Crippen LogP contribution in [0, 0.1) is 11.8 Å². The molecule has 6 heteroatoms. The highest BCUT2D eigenvalue weighted by Gasteiger charge is 2.38. The quantitative estimate of drug-likeness (QED) is 0.610. The van der Waals surface area contributed by atoms with Gasteiger partial charge in [-0.2, -0.15) is 0 Å². The fraction of sp³-hybridized carbons (Fsp3) is 0.700. The van der Waals surface area contributed by atoms with Crippen LogP contribution in [-0.2, 0) is 19.1 Å². The number of hydrogen-bond acceptors (Lipinski definition) is 6. The maximum Gasteiger partial charge on any atom is 0.330 e. The largest absolute Gasteiger partial charge is 0.461 e. The number of ether oxygens (including phenoxy) is 2. The zero-order chi connectivity index (χ0) is 19.1. The molecule has 0 amide bonds. The van der Waals surface area contributed by atoms with Gasteiger partial charge in [-0.3, -0.25) is 9.69 Å². The van der Waals surface area contributed by atoms with Gasteiger partial charge in [0.1, 0.15) is 6.10 Å². The second-order valence-electron chi connectivity index (χ2n) is 7.61. The predicted molar refractivity (Wildman–Crippen MR) is 98.3 cm³/mol. The normalized spacial score (nSPS) is 35.4. The van der Waals surface area contributed by atoms with Gasteiger partial charge in [0.15, 0.2) is 0 Å². The van der Waals surface area contributed by atoms with E-state index in [0.29, 0.717) is 12.8 Å². The van der Waals surface area contributed by atoms with Gasteiger partial charge < -0.3 is 14.6 Å². The Kier molecular flexibility index (Phi) is 7.85. The minimum absolute atomic E-state index is 0.0781. The van der Waals surface area contributed by atoms with Crippen molar-refractivity contribution >= 4 is 11.9 Å². The molecule has 0 spiro atoms. The van der Waals surface area contributed by atoms with E-state index in [1.54, 1.807) is 4.90 Å². The smallest absolute Gasteiger partial charge is 0.330 e. The molecule has 5 atom stereocenters. The second-order valence-corrected chi connectivity index (χ2v) is 7.61. The lowest BCUT2D eigenvalue weighted by Crippen LogP contribution is -2.27. The zero-order valence-electron chi connectivity index (χ0n) is 16.0. The number of carbonyl (C=O) groups is 2. The Labute approximate surface area is 155 Å². The number of nitrogens with zero attached hydrogens (tertiary/aromatic N) is 1. The van der Waals surface area contributed by atoms with E-state index in [0.717, 1.165) is 19.3 Å². The van der Waals surface area contributed by atoms with Crippen LogP contribution in [0.1, 0.15) is 39.0 Å². The van der Waals surface area contributed by atoms with E-state index in [2.05, 4.69) is 12.2 Å². The molecule has 26 heavy (non-hydrogen) atoms. The van der Waals surface area contributed by atoms with E-state index in [9.17, 15) is 14.7 Å². The van der Waals surface area contributed by atoms with Crippen molar-refractivity contribution in [3.8, 4) is 0 Å². The van der Waals surface area contributed by atoms with E-state index in [1.807, 2.05) is 21.0 Å². The van der Waals surface area contributed by atoms with Crippen molar-refractivity contribution in [2.75, 3.05) is 20.6 Å². The summed E-state index contributed by atoms with van der Waals surface area (Å²) in [5.74, 6) is -0.626. The summed E-state index contributed by atoms with van der Waals surface area (Å²) in [6.07, 6.45) is 9.91. The first kappa shape index (κ1) is 20.6. The van der Waals surface area contributed by atoms with Gasteiger partial charge in [0.2, 0.25) is 0 Å². The molecule has 6 nitrogen and oxygen atoms in total. The van der Waals surface area contributed by atoms with Crippen LogP contribution in [-0.4, -0.2) is 60.9 Å². The molecule has 1 N–H and O–H groups in total. The Hall–Kier alpha value is -1.66. The maximum atomic E-state index is 11.9. The number of rotatable bonds is 3. The van der Waals surface area contributed by atoms with Crippen LogP contribution in [0.25, 0.3) is 0 Å². The number of aliphatic hydroxyl groups excluding tert-OH is 1. The number of hydrogen-bond donors (Lipinski definition) is 1. The maximum absolute atomic E-state index is 11.9. The van der Waals surface area contributed by atoms with E-state index in [4.69, 9.17) is 9.47 Å². The molecule has 0 saturated heterocycles. The van der Waals surface area contributed by atoms with E-state index >= 15 is 0 Å². The van der Waals surface area contributed by atoms with Crippen molar-refractivity contribution in [1.82, 2.24) is 4.90 Å². The molecule has 0 aromatic heterocycles. The minimum atomic E-state index is -0.772. The van der Waals surface area contributed by atoms with Gasteiger partial charge in [-0.1, -0.05) is 12.2 Å². The summed E-state index contributed by atoms with van der Waals surface area (Å²) < 4.78 is 10.9. The van der Waals surface area contributed by atoms with E-state index in [1.165, 1.54) is 12.2 Å². The van der Waals surface area contributed by atoms with Crippen LogP contribution >= 0.6 is 0 Å². The monoisotopic (exact) mass is 365 g/mol. The van der Waals surface area contributed by atoms with Crippen molar-refractivity contribution in [2.24, 2.45) is 11.8 Å². The number of fused-ring (bicyclic) bond motifs is 1. The van der Waals surface area contributed by atoms with Crippen LogP contribution < -0.4 is 0 Å². The zero-order valence-corrected chi connectivity index (χ0v) is 16.0. The summed E-state index contributed by atoms with van der Waals surface area (Å²) in [6, 6.07) is 0. The molecule has 0 bridgehead atoms. The molecule has 1 aliphatic heterocycles. The highest BCUT2D eigenvalue weighted by Crippen LogP contribution is 2.38. The lowest BCUT2D eigenvalue weighted by Gasteiger charge is -2.19. The molecule has 0 aromatic carbocycles. The Morgan fingerprint density at radius 2 is 2.12 bits per heavy atom. The van der Waals surface area contributed by atoms with E-state index < -0.39 is 12.1 Å². The summed E-state index contributed by atoms with van der Waals surface area (Å²) in [5.41, 5.74) is 0. The number of esters is 2. The van der Waals surface area contributed by atoms with E-state index in [-0.39, 0.29) is 36.6 Å². The molecule has 0 aromatic rings. The van der Waals surface area contributed by atoms with Crippen molar-refractivity contribution in [3.63, 3.8) is 0 Å².